The number of carbonyl (C=O) groups is 1. The molecule has 0 radical (unpaired) electrons. The topological polar surface area (TPSA) is 20.3 Å². The normalized spacial score (nSPS) is 10.8. The van der Waals surface area contributed by atoms with Gasteiger partial charge < -0.3 is 4.90 Å². The maximum atomic E-state index is 12.3. The Morgan fingerprint density at radius 3 is 2.62 bits per heavy atom. The van der Waals surface area contributed by atoms with E-state index in [0.717, 1.165) is 8.69 Å². The molecule has 0 unspecified atom stereocenters. The fourth-order valence-corrected chi connectivity index (χ4v) is 2.91. The van der Waals surface area contributed by atoms with Gasteiger partial charge in [0.15, 0.2) is 0 Å². The maximum Gasteiger partial charge on any atom is 0.264 e. The van der Waals surface area contributed by atoms with E-state index in [1.807, 2.05) is 0 Å². The molecule has 7 heteroatoms. The van der Waals surface area contributed by atoms with E-state index < -0.39 is 13.0 Å². The lowest BCUT2D eigenvalue weighted by Gasteiger charge is -2.20. The second kappa shape index (κ2) is 6.66. The van der Waals surface area contributed by atoms with Gasteiger partial charge in [-0.2, -0.15) is 0 Å². The van der Waals surface area contributed by atoms with Crippen molar-refractivity contribution in [2.24, 2.45) is 0 Å². The molecular weight excluding hydrogens is 368 g/mol. The summed E-state index contributed by atoms with van der Waals surface area (Å²) in [5.41, 5.74) is 0. The zero-order valence-corrected chi connectivity index (χ0v) is 12.1. The molecule has 1 amide bonds. The molecule has 0 aliphatic heterocycles. The molecule has 0 spiro atoms. The number of carbonyl (C=O) groups excluding carboxylic acids is 1. The molecule has 1 aromatic rings. The molecule has 0 fully saturated rings. The van der Waals surface area contributed by atoms with Crippen molar-refractivity contribution in [2.75, 3.05) is 18.4 Å². The van der Waals surface area contributed by atoms with Crippen LogP contribution in [0.2, 0.25) is 0 Å². The first-order valence-corrected chi connectivity index (χ1v) is 7.16. The Balaban J connectivity index is 2.74. The number of hydrogen-bond donors (Lipinski definition) is 0. The summed E-state index contributed by atoms with van der Waals surface area (Å²) < 4.78 is 25.4. The first-order chi connectivity index (χ1) is 7.54. The van der Waals surface area contributed by atoms with Crippen LogP contribution in [-0.2, 0) is 0 Å². The molecule has 1 heterocycles. The van der Waals surface area contributed by atoms with Crippen molar-refractivity contribution in [1.29, 1.82) is 0 Å². The van der Waals surface area contributed by atoms with Crippen molar-refractivity contribution in [2.45, 2.75) is 6.43 Å². The van der Waals surface area contributed by atoms with E-state index >= 15 is 0 Å². The van der Waals surface area contributed by atoms with Crippen LogP contribution in [0.15, 0.2) is 15.9 Å². The number of alkyl halides is 3. The lowest BCUT2D eigenvalue weighted by atomic mass is 10.4. The largest absolute Gasteiger partial charge is 0.331 e. The smallest absolute Gasteiger partial charge is 0.264 e. The van der Waals surface area contributed by atoms with Crippen molar-refractivity contribution >= 4 is 49.1 Å². The minimum absolute atomic E-state index is 0.276. The lowest BCUT2D eigenvalue weighted by molar-refractivity contribution is 0.0576. The summed E-state index contributed by atoms with van der Waals surface area (Å²) >= 11 is 7.61. The third-order valence-electron chi connectivity index (χ3n) is 1.78. The Hall–Kier alpha value is -0.0100. The summed E-state index contributed by atoms with van der Waals surface area (Å²) in [6.07, 6.45) is -2.51. The standard InChI is InChI=1S/C9H9Br2F2NOS/c10-3-4-14(5-8(12)13)9(15)6-1-2-7(11)16-6/h1-2,8H,3-5H2. The highest BCUT2D eigenvalue weighted by atomic mass is 79.9. The molecule has 1 aromatic heterocycles. The van der Waals surface area contributed by atoms with Crippen molar-refractivity contribution in [3.8, 4) is 0 Å². The van der Waals surface area contributed by atoms with Gasteiger partial charge in [0.2, 0.25) is 0 Å². The van der Waals surface area contributed by atoms with Gasteiger partial charge in [-0.25, -0.2) is 8.78 Å². The minimum atomic E-state index is -2.51. The van der Waals surface area contributed by atoms with Crippen molar-refractivity contribution < 1.29 is 13.6 Å². The van der Waals surface area contributed by atoms with Crippen LogP contribution >= 0.6 is 43.2 Å². The second-order valence-corrected chi connectivity index (χ2v) is 6.19. The van der Waals surface area contributed by atoms with Gasteiger partial charge in [0.05, 0.1) is 15.2 Å². The fourth-order valence-electron chi connectivity index (χ4n) is 1.13. The van der Waals surface area contributed by atoms with E-state index in [1.165, 1.54) is 11.3 Å². The van der Waals surface area contributed by atoms with Gasteiger partial charge in [0.25, 0.3) is 12.3 Å². The van der Waals surface area contributed by atoms with Crippen LogP contribution in [-0.4, -0.2) is 35.7 Å². The Bertz CT molecular complexity index is 359. The minimum Gasteiger partial charge on any atom is -0.331 e. The van der Waals surface area contributed by atoms with E-state index in [0.29, 0.717) is 10.2 Å². The monoisotopic (exact) mass is 375 g/mol. The third-order valence-corrected chi connectivity index (χ3v) is 3.75. The van der Waals surface area contributed by atoms with Gasteiger partial charge in [-0.3, -0.25) is 4.79 Å². The molecule has 0 saturated carbocycles. The Labute approximate surface area is 113 Å². The average molecular weight is 377 g/mol. The molecule has 90 valence electrons. The summed E-state index contributed by atoms with van der Waals surface area (Å²) in [6, 6.07) is 3.36. The predicted octanol–water partition coefficient (Wildman–Crippen LogP) is 3.61. The first-order valence-electron chi connectivity index (χ1n) is 4.43. The highest BCUT2D eigenvalue weighted by molar-refractivity contribution is 9.11. The molecule has 0 aliphatic rings. The summed E-state index contributed by atoms with van der Waals surface area (Å²) in [5.74, 6) is -0.351. The van der Waals surface area contributed by atoms with Crippen LogP contribution in [0.5, 0.6) is 0 Å². The van der Waals surface area contributed by atoms with E-state index in [2.05, 4.69) is 31.9 Å². The van der Waals surface area contributed by atoms with Crippen LogP contribution in [0.1, 0.15) is 9.67 Å². The predicted molar refractivity (Wildman–Crippen MR) is 67.7 cm³/mol. The van der Waals surface area contributed by atoms with Crippen molar-refractivity contribution in [1.82, 2.24) is 4.90 Å². The Kier molecular flexibility index (Phi) is 5.85. The number of halogens is 4. The Morgan fingerprint density at radius 2 is 2.19 bits per heavy atom. The number of amides is 1. The van der Waals surface area contributed by atoms with Gasteiger partial charge in [0.1, 0.15) is 0 Å². The second-order valence-electron chi connectivity index (χ2n) is 2.93. The average Bonchev–Trinajstić information content (AvgIpc) is 2.62. The summed E-state index contributed by atoms with van der Waals surface area (Å²) in [6.45, 7) is -0.251. The highest BCUT2D eigenvalue weighted by Gasteiger charge is 2.20. The van der Waals surface area contributed by atoms with E-state index in [9.17, 15) is 13.6 Å². The number of hydrogen-bond acceptors (Lipinski definition) is 2. The SMILES string of the molecule is O=C(c1ccc(Br)s1)N(CCBr)CC(F)F. The quantitative estimate of drug-likeness (QED) is 0.719. The zero-order valence-electron chi connectivity index (χ0n) is 8.13. The molecule has 0 bridgehead atoms. The highest BCUT2D eigenvalue weighted by Crippen LogP contribution is 2.23. The summed E-state index contributed by atoms with van der Waals surface area (Å²) in [4.78, 5) is 13.5. The van der Waals surface area contributed by atoms with Crippen molar-refractivity contribution in [3.63, 3.8) is 0 Å². The maximum absolute atomic E-state index is 12.3. The van der Waals surface area contributed by atoms with Gasteiger partial charge in [-0.1, -0.05) is 15.9 Å². The lowest BCUT2D eigenvalue weighted by Crippen LogP contribution is -2.36. The zero-order chi connectivity index (χ0) is 12.1. The molecule has 0 atom stereocenters. The van der Waals surface area contributed by atoms with Crippen LogP contribution in [0.3, 0.4) is 0 Å². The van der Waals surface area contributed by atoms with Crippen LogP contribution < -0.4 is 0 Å². The van der Waals surface area contributed by atoms with Gasteiger partial charge in [-0.15, -0.1) is 11.3 Å². The van der Waals surface area contributed by atoms with Gasteiger partial charge in [-0.05, 0) is 28.1 Å². The molecular formula is C9H9Br2F2NOS. The fraction of sp³-hybridized carbons (Fsp3) is 0.444. The van der Waals surface area contributed by atoms with Crippen molar-refractivity contribution in [3.05, 3.63) is 20.8 Å². The van der Waals surface area contributed by atoms with Crippen LogP contribution in [0, 0.1) is 0 Å². The molecule has 16 heavy (non-hydrogen) atoms. The molecule has 1 rings (SSSR count). The molecule has 0 aromatic carbocycles. The number of rotatable bonds is 5. The summed E-state index contributed by atoms with van der Waals surface area (Å²) in [5, 5.41) is 0.484. The number of thiophene rings is 1. The van der Waals surface area contributed by atoms with Crippen LogP contribution in [0.4, 0.5) is 8.78 Å². The number of nitrogens with zero attached hydrogens (tertiary/aromatic N) is 1. The molecule has 2 nitrogen and oxygen atoms in total. The summed E-state index contributed by atoms with van der Waals surface area (Å²) in [7, 11) is 0. The first kappa shape index (κ1) is 14.1. The Morgan fingerprint density at radius 1 is 1.50 bits per heavy atom. The van der Waals surface area contributed by atoms with E-state index in [1.54, 1.807) is 12.1 Å². The van der Waals surface area contributed by atoms with Crippen LogP contribution in [0.25, 0.3) is 0 Å². The molecule has 0 N–H and O–H groups in total. The van der Waals surface area contributed by atoms with E-state index in [-0.39, 0.29) is 12.5 Å². The van der Waals surface area contributed by atoms with Gasteiger partial charge >= 0.3 is 0 Å². The molecule has 0 aliphatic carbocycles. The van der Waals surface area contributed by atoms with Gasteiger partial charge in [0, 0.05) is 11.9 Å². The third kappa shape index (κ3) is 4.10. The molecule has 0 saturated heterocycles. The van der Waals surface area contributed by atoms with E-state index in [4.69, 9.17) is 0 Å².